The number of nitrogens with zero attached hydrogens (tertiary/aromatic N) is 1. The minimum atomic E-state index is -0.903. The van der Waals surface area contributed by atoms with Crippen molar-refractivity contribution in [2.45, 2.75) is 25.2 Å². The fourth-order valence-corrected chi connectivity index (χ4v) is 2.19. The molecule has 0 aliphatic heterocycles. The van der Waals surface area contributed by atoms with E-state index in [4.69, 9.17) is 5.11 Å². The molecule has 108 valence electrons. The normalized spacial score (nSPS) is 13.9. The Balaban J connectivity index is 1.69. The van der Waals surface area contributed by atoms with Crippen LogP contribution in [0.1, 0.15) is 40.5 Å². The molecule has 6 nitrogen and oxygen atoms in total. The van der Waals surface area contributed by atoms with Crippen molar-refractivity contribution in [3.63, 3.8) is 0 Å². The number of amides is 1. The van der Waals surface area contributed by atoms with Gasteiger partial charge in [0.1, 0.15) is 0 Å². The molecule has 6 heteroatoms. The van der Waals surface area contributed by atoms with E-state index in [-0.39, 0.29) is 12.3 Å². The Morgan fingerprint density at radius 1 is 1.33 bits per heavy atom. The largest absolute Gasteiger partial charge is 0.481 e. The first-order chi connectivity index (χ1) is 10.1. The van der Waals surface area contributed by atoms with Crippen molar-refractivity contribution >= 4 is 17.6 Å². The highest BCUT2D eigenvalue weighted by atomic mass is 16.4. The minimum absolute atomic E-state index is 0.0715. The Kier molecular flexibility index (Phi) is 3.43. The van der Waals surface area contributed by atoms with Crippen LogP contribution < -0.4 is 5.32 Å². The van der Waals surface area contributed by atoms with Crippen molar-refractivity contribution in [1.29, 1.82) is 0 Å². The minimum Gasteiger partial charge on any atom is -0.481 e. The summed E-state index contributed by atoms with van der Waals surface area (Å²) in [5.41, 5.74) is 2.55. The molecule has 3 N–H and O–H groups in total. The van der Waals surface area contributed by atoms with Gasteiger partial charge in [-0.25, -0.2) is 0 Å². The van der Waals surface area contributed by atoms with E-state index in [1.165, 1.54) is 0 Å². The second-order valence-corrected chi connectivity index (χ2v) is 5.21. The first-order valence-corrected chi connectivity index (χ1v) is 6.79. The highest BCUT2D eigenvalue weighted by Crippen LogP contribution is 2.39. The van der Waals surface area contributed by atoms with Crippen molar-refractivity contribution in [3.8, 4) is 0 Å². The van der Waals surface area contributed by atoms with Gasteiger partial charge < -0.3 is 10.4 Å². The van der Waals surface area contributed by atoms with Gasteiger partial charge in [0.2, 0.25) is 0 Å². The number of aliphatic carboxylic acids is 1. The van der Waals surface area contributed by atoms with Gasteiger partial charge >= 0.3 is 5.97 Å². The maximum atomic E-state index is 12.1. The third-order valence-corrected chi connectivity index (χ3v) is 3.39. The van der Waals surface area contributed by atoms with Gasteiger partial charge in [0.15, 0.2) is 5.69 Å². The molecule has 1 aromatic carbocycles. The van der Waals surface area contributed by atoms with Crippen LogP contribution in [0.3, 0.4) is 0 Å². The molecule has 1 aliphatic carbocycles. The van der Waals surface area contributed by atoms with Crippen molar-refractivity contribution in [2.75, 3.05) is 5.32 Å². The van der Waals surface area contributed by atoms with Crippen LogP contribution in [0, 0.1) is 0 Å². The standard InChI is InChI=1S/C15H15N3O3/c19-14(20)7-9-2-1-3-11(6-9)16-15(21)13-8-12(17-18-13)10-4-5-10/h1-3,6,8,10H,4-5,7H2,(H,16,21)(H,17,18)(H,19,20). The summed E-state index contributed by atoms with van der Waals surface area (Å²) >= 11 is 0. The first-order valence-electron chi connectivity index (χ1n) is 6.79. The molecule has 1 aliphatic rings. The van der Waals surface area contributed by atoms with E-state index < -0.39 is 5.97 Å². The summed E-state index contributed by atoms with van der Waals surface area (Å²) in [6.45, 7) is 0. The SMILES string of the molecule is O=C(O)Cc1cccc(NC(=O)c2cc(C3CC3)[nH]n2)c1. The average molecular weight is 285 g/mol. The third kappa shape index (κ3) is 3.28. The molecule has 2 aromatic rings. The van der Waals surface area contributed by atoms with Crippen LogP contribution in [-0.2, 0) is 11.2 Å². The molecule has 1 aromatic heterocycles. The number of rotatable bonds is 5. The molecule has 1 saturated carbocycles. The zero-order valence-corrected chi connectivity index (χ0v) is 11.3. The summed E-state index contributed by atoms with van der Waals surface area (Å²) < 4.78 is 0. The average Bonchev–Trinajstić information content (AvgIpc) is 3.16. The van der Waals surface area contributed by atoms with Gasteiger partial charge in [-0.2, -0.15) is 5.10 Å². The van der Waals surface area contributed by atoms with Crippen molar-refractivity contribution in [2.24, 2.45) is 0 Å². The molecule has 21 heavy (non-hydrogen) atoms. The molecule has 0 unspecified atom stereocenters. The van der Waals surface area contributed by atoms with Gasteiger partial charge in [-0.15, -0.1) is 0 Å². The Bertz CT molecular complexity index is 689. The number of carbonyl (C=O) groups is 2. The smallest absolute Gasteiger partial charge is 0.307 e. The van der Waals surface area contributed by atoms with E-state index in [0.29, 0.717) is 22.9 Å². The zero-order valence-electron chi connectivity index (χ0n) is 11.3. The number of H-pyrrole nitrogens is 1. The Labute approximate surface area is 121 Å². The molecule has 0 atom stereocenters. The lowest BCUT2D eigenvalue weighted by atomic mass is 10.1. The van der Waals surface area contributed by atoms with E-state index in [2.05, 4.69) is 15.5 Å². The van der Waals surface area contributed by atoms with Crippen LogP contribution in [-0.4, -0.2) is 27.2 Å². The van der Waals surface area contributed by atoms with E-state index in [1.54, 1.807) is 30.3 Å². The summed E-state index contributed by atoms with van der Waals surface area (Å²) in [5, 5.41) is 18.4. The van der Waals surface area contributed by atoms with E-state index >= 15 is 0 Å². The molecule has 1 amide bonds. The second kappa shape index (κ2) is 5.40. The van der Waals surface area contributed by atoms with E-state index in [0.717, 1.165) is 18.5 Å². The number of nitrogens with one attached hydrogen (secondary N) is 2. The number of aromatic nitrogens is 2. The number of carbonyl (C=O) groups excluding carboxylic acids is 1. The predicted octanol–water partition coefficient (Wildman–Crippen LogP) is 2.17. The highest BCUT2D eigenvalue weighted by molar-refractivity contribution is 6.03. The number of anilines is 1. The molecule has 1 heterocycles. The summed E-state index contributed by atoms with van der Waals surface area (Å²) in [4.78, 5) is 22.8. The van der Waals surface area contributed by atoms with Crippen LogP contribution in [0.4, 0.5) is 5.69 Å². The van der Waals surface area contributed by atoms with Gasteiger partial charge in [0.05, 0.1) is 6.42 Å². The number of carboxylic acids is 1. The topological polar surface area (TPSA) is 95.1 Å². The maximum Gasteiger partial charge on any atom is 0.307 e. The van der Waals surface area contributed by atoms with Crippen molar-refractivity contribution in [1.82, 2.24) is 10.2 Å². The molecule has 1 fully saturated rings. The number of benzene rings is 1. The maximum absolute atomic E-state index is 12.1. The Morgan fingerprint density at radius 2 is 2.14 bits per heavy atom. The first kappa shape index (κ1) is 13.4. The van der Waals surface area contributed by atoms with Gasteiger partial charge in [-0.3, -0.25) is 14.7 Å². The van der Waals surface area contributed by atoms with E-state index in [1.807, 2.05) is 0 Å². The van der Waals surface area contributed by atoms with Gasteiger partial charge in [-0.1, -0.05) is 12.1 Å². The summed E-state index contributed by atoms with van der Waals surface area (Å²) in [5.74, 6) is -0.691. The fourth-order valence-electron chi connectivity index (χ4n) is 2.19. The van der Waals surface area contributed by atoms with Crippen LogP contribution in [0.2, 0.25) is 0 Å². The van der Waals surface area contributed by atoms with Crippen LogP contribution in [0.25, 0.3) is 0 Å². The monoisotopic (exact) mass is 285 g/mol. The van der Waals surface area contributed by atoms with Gasteiger partial charge in [0, 0.05) is 17.3 Å². The lowest BCUT2D eigenvalue weighted by Gasteiger charge is -2.04. The number of aromatic amines is 1. The zero-order chi connectivity index (χ0) is 14.8. The summed E-state index contributed by atoms with van der Waals surface area (Å²) in [6, 6.07) is 8.57. The van der Waals surface area contributed by atoms with Crippen LogP contribution in [0.15, 0.2) is 30.3 Å². The van der Waals surface area contributed by atoms with Crippen molar-refractivity contribution < 1.29 is 14.7 Å². The van der Waals surface area contributed by atoms with Crippen molar-refractivity contribution in [3.05, 3.63) is 47.3 Å². The molecule has 0 spiro atoms. The summed E-state index contributed by atoms with van der Waals surface area (Å²) in [7, 11) is 0. The number of carboxylic acid groups (broad SMARTS) is 1. The Hall–Kier alpha value is -2.63. The number of hydrogen-bond acceptors (Lipinski definition) is 3. The number of hydrogen-bond donors (Lipinski definition) is 3. The third-order valence-electron chi connectivity index (χ3n) is 3.39. The van der Waals surface area contributed by atoms with Gasteiger partial charge in [-0.05, 0) is 36.6 Å². The Morgan fingerprint density at radius 3 is 2.86 bits per heavy atom. The second-order valence-electron chi connectivity index (χ2n) is 5.21. The molecule has 0 bridgehead atoms. The molecule has 3 rings (SSSR count). The van der Waals surface area contributed by atoms with Crippen LogP contribution in [0.5, 0.6) is 0 Å². The molecular weight excluding hydrogens is 270 g/mol. The lowest BCUT2D eigenvalue weighted by molar-refractivity contribution is -0.136. The van der Waals surface area contributed by atoms with Gasteiger partial charge in [0.25, 0.3) is 5.91 Å². The lowest BCUT2D eigenvalue weighted by Crippen LogP contribution is -2.12. The predicted molar refractivity (Wildman–Crippen MR) is 76.3 cm³/mol. The van der Waals surface area contributed by atoms with E-state index in [9.17, 15) is 9.59 Å². The fraction of sp³-hybridized carbons (Fsp3) is 0.267. The molecular formula is C15H15N3O3. The highest BCUT2D eigenvalue weighted by Gasteiger charge is 2.26. The van der Waals surface area contributed by atoms with Crippen LogP contribution >= 0.6 is 0 Å². The molecule has 0 saturated heterocycles. The summed E-state index contributed by atoms with van der Waals surface area (Å²) in [6.07, 6.45) is 2.21. The molecule has 0 radical (unpaired) electrons. The quantitative estimate of drug-likeness (QED) is 0.784.